The Bertz CT molecular complexity index is 3080. The van der Waals surface area contributed by atoms with Gasteiger partial charge in [0.1, 0.15) is 28.7 Å². The second kappa shape index (κ2) is 21.3. The minimum Gasteiger partial charge on any atom is -0.497 e. The van der Waals surface area contributed by atoms with E-state index in [1.54, 1.807) is 69.9 Å². The van der Waals surface area contributed by atoms with Crippen molar-refractivity contribution in [3.05, 3.63) is 143 Å². The fourth-order valence-electron chi connectivity index (χ4n) is 13.9. The highest BCUT2D eigenvalue weighted by Crippen LogP contribution is 2.62. The topological polar surface area (TPSA) is 69.7 Å². The molecule has 11 rings (SSSR count). The number of carbonyl (C=O) groups excluding carboxylic acids is 1. The molecule has 0 spiro atoms. The van der Waals surface area contributed by atoms with E-state index >= 15 is 13.2 Å². The highest BCUT2D eigenvalue weighted by atomic mass is 19.4. The average Bonchev–Trinajstić information content (AvgIpc) is 3.85. The van der Waals surface area contributed by atoms with Crippen LogP contribution in [0.25, 0.3) is 27.5 Å². The molecule has 77 heavy (non-hydrogen) atoms. The van der Waals surface area contributed by atoms with Gasteiger partial charge in [0.15, 0.2) is 5.60 Å². The minimum atomic E-state index is -4.78. The van der Waals surface area contributed by atoms with Crippen LogP contribution in [0, 0.1) is 23.7 Å². The molecule has 0 N–H and O–H groups in total. The van der Waals surface area contributed by atoms with Gasteiger partial charge in [-0.1, -0.05) is 108 Å². The number of allylic oxidation sites excluding steroid dienone is 1. The van der Waals surface area contributed by atoms with Crippen LogP contribution in [0.4, 0.5) is 24.5 Å². The number of alkyl halides is 3. The van der Waals surface area contributed by atoms with Crippen LogP contribution < -0.4 is 33.5 Å². The molecule has 0 bridgehead atoms. The molecule has 2 saturated carbocycles. The molecular formula is C66H73F3N2O6. The fourth-order valence-corrected chi connectivity index (χ4v) is 13.9. The molecule has 8 nitrogen and oxygen atoms in total. The summed E-state index contributed by atoms with van der Waals surface area (Å²) in [5.41, 5.74) is 2.78. The van der Waals surface area contributed by atoms with Gasteiger partial charge in [0.2, 0.25) is 0 Å². The van der Waals surface area contributed by atoms with Crippen molar-refractivity contribution in [1.82, 2.24) is 0 Å². The molecule has 0 amide bonds. The molecule has 404 valence electrons. The summed E-state index contributed by atoms with van der Waals surface area (Å²) in [4.78, 5) is 18.1. The first-order valence-corrected chi connectivity index (χ1v) is 28.2. The van der Waals surface area contributed by atoms with Crippen molar-refractivity contribution in [2.24, 2.45) is 23.7 Å². The summed E-state index contributed by atoms with van der Waals surface area (Å²) in [6, 6.07) is 33.9. The third kappa shape index (κ3) is 9.79. The normalized spacial score (nSPS) is 21.5. The molecule has 2 aliphatic heterocycles. The molecule has 0 unspecified atom stereocenters. The number of esters is 1. The Labute approximate surface area is 452 Å². The number of ether oxygens (including phenoxy) is 5. The molecule has 3 fully saturated rings. The van der Waals surface area contributed by atoms with Crippen LogP contribution in [0.15, 0.2) is 115 Å². The summed E-state index contributed by atoms with van der Waals surface area (Å²) in [6.45, 7) is 9.04. The third-order valence-corrected chi connectivity index (χ3v) is 18.2. The Kier molecular flexibility index (Phi) is 14.5. The molecule has 2 heterocycles. The molecule has 6 aromatic rings. The van der Waals surface area contributed by atoms with E-state index in [1.165, 1.54) is 57.4 Å². The largest absolute Gasteiger partial charge is 0.497 e. The van der Waals surface area contributed by atoms with Crippen molar-refractivity contribution in [2.45, 2.75) is 115 Å². The fraction of sp³-hybridized carbons (Fsp3) is 0.439. The summed E-state index contributed by atoms with van der Waals surface area (Å²) in [5, 5.41) is 1.30. The van der Waals surface area contributed by atoms with Crippen LogP contribution in [0.3, 0.4) is 0 Å². The van der Waals surface area contributed by atoms with E-state index in [1.807, 2.05) is 68.4 Å². The Morgan fingerprint density at radius 3 is 1.83 bits per heavy atom. The maximum Gasteiger partial charge on any atom is 0.417 e. The van der Waals surface area contributed by atoms with Gasteiger partial charge in [0.25, 0.3) is 0 Å². The van der Waals surface area contributed by atoms with Crippen molar-refractivity contribution >= 4 is 33.7 Å². The van der Waals surface area contributed by atoms with E-state index in [-0.39, 0.29) is 23.2 Å². The lowest BCUT2D eigenvalue weighted by molar-refractivity contribution is -0.140. The number of fused-ring (bicyclic) bond motifs is 8. The number of benzene rings is 6. The van der Waals surface area contributed by atoms with Gasteiger partial charge in [0.05, 0.1) is 38.5 Å². The summed E-state index contributed by atoms with van der Waals surface area (Å²) in [5.74, 6) is 4.71. The molecule has 1 saturated heterocycles. The number of nitrogens with zero attached hydrogens (tertiary/aromatic N) is 2. The summed E-state index contributed by atoms with van der Waals surface area (Å²) >= 11 is 0. The maximum atomic E-state index is 16.3. The summed E-state index contributed by atoms with van der Waals surface area (Å²) in [7, 11) is 4.72. The molecule has 6 aromatic carbocycles. The number of methoxy groups -OCH3 is 3. The predicted octanol–water partition coefficient (Wildman–Crippen LogP) is 15.9. The van der Waals surface area contributed by atoms with Gasteiger partial charge in [-0.2, -0.15) is 13.2 Å². The standard InChI is InChI=1S/C66H73F3N2O6/c1-7-8-9-12-42-15-17-43(18-16-42)44-19-21-45(22-20-44)63(72)76-51-33-27-48(28-34-51)70-35-37-71(38-36-70)57-39-53-54(40-58(57)75-6)62-60(61-59(53)52-13-10-11-14-55(52)64(61,2)3)56(66(67,68)69)41-65(77-62,46-23-29-49(73-4)30-24-46)47-25-31-50(74-5)32-26-47/h10-11,13-14,23-34,39-45H,7-9,12,15-22,35-38H2,1-6H3. The molecule has 3 aliphatic carbocycles. The average molecular weight is 1050 g/mol. The Balaban J connectivity index is 0.866. The van der Waals surface area contributed by atoms with E-state index in [4.69, 9.17) is 23.7 Å². The Morgan fingerprint density at radius 1 is 0.662 bits per heavy atom. The summed E-state index contributed by atoms with van der Waals surface area (Å²) < 4.78 is 79.5. The van der Waals surface area contributed by atoms with Crippen LogP contribution in [-0.2, 0) is 15.8 Å². The van der Waals surface area contributed by atoms with Crippen LogP contribution in [0.1, 0.15) is 126 Å². The molecule has 11 heteroatoms. The first-order valence-electron chi connectivity index (χ1n) is 28.2. The van der Waals surface area contributed by atoms with Gasteiger partial charge in [-0.05, 0) is 151 Å². The first-order chi connectivity index (χ1) is 37.2. The van der Waals surface area contributed by atoms with Crippen molar-refractivity contribution in [2.75, 3.05) is 57.3 Å². The molecule has 0 aromatic heterocycles. The number of piperazine rings is 1. The molecule has 5 aliphatic rings. The number of carbonyl (C=O) groups is 1. The second-order valence-corrected chi connectivity index (χ2v) is 22.8. The highest BCUT2D eigenvalue weighted by molar-refractivity contribution is 6.11. The zero-order valence-electron chi connectivity index (χ0n) is 45.6. The monoisotopic (exact) mass is 1050 g/mol. The second-order valence-electron chi connectivity index (χ2n) is 22.8. The van der Waals surface area contributed by atoms with Gasteiger partial charge in [-0.25, -0.2) is 0 Å². The lowest BCUT2D eigenvalue weighted by Gasteiger charge is -2.41. The van der Waals surface area contributed by atoms with Crippen LogP contribution in [-0.4, -0.2) is 59.7 Å². The number of hydrogen-bond donors (Lipinski definition) is 0. The quantitative estimate of drug-likeness (QED) is 0.0607. The smallest absolute Gasteiger partial charge is 0.417 e. The van der Waals surface area contributed by atoms with E-state index in [2.05, 4.69) is 22.8 Å². The van der Waals surface area contributed by atoms with Gasteiger partial charge < -0.3 is 33.5 Å². The first kappa shape index (κ1) is 52.4. The van der Waals surface area contributed by atoms with E-state index in [0.29, 0.717) is 71.3 Å². The maximum absolute atomic E-state index is 16.3. The van der Waals surface area contributed by atoms with E-state index in [0.717, 1.165) is 76.9 Å². The number of halogens is 3. The van der Waals surface area contributed by atoms with Crippen LogP contribution in [0.2, 0.25) is 0 Å². The van der Waals surface area contributed by atoms with Crippen molar-refractivity contribution in [3.63, 3.8) is 0 Å². The third-order valence-electron chi connectivity index (χ3n) is 18.2. The SMILES string of the molecule is CCCCCC1CCC(C2CCC(C(=O)Oc3ccc(N4CCN(c5cc6c7c(c8c(c6cc5OC)OC(c5ccc(OC)cc5)(c5ccc(OC)cc5)C=C8C(F)(F)F)C(C)(C)c5ccccc5-7)CC4)cc3)CC2)CC1. The van der Waals surface area contributed by atoms with Crippen LogP contribution >= 0.6 is 0 Å². The number of hydrogen-bond acceptors (Lipinski definition) is 8. The minimum absolute atomic E-state index is 0.0333. The van der Waals surface area contributed by atoms with Crippen molar-refractivity contribution in [1.29, 1.82) is 0 Å². The van der Waals surface area contributed by atoms with E-state index < -0.39 is 22.8 Å². The lowest BCUT2D eigenvalue weighted by Crippen LogP contribution is -2.46. The van der Waals surface area contributed by atoms with Crippen molar-refractivity contribution in [3.8, 4) is 39.9 Å². The molecule has 0 radical (unpaired) electrons. The van der Waals surface area contributed by atoms with E-state index in [9.17, 15) is 4.79 Å². The van der Waals surface area contributed by atoms with Gasteiger partial charge in [-0.3, -0.25) is 4.79 Å². The molecule has 0 atom stereocenters. The number of anilines is 2. The highest BCUT2D eigenvalue weighted by Gasteiger charge is 2.52. The van der Waals surface area contributed by atoms with Crippen LogP contribution in [0.5, 0.6) is 28.7 Å². The Hall–Kier alpha value is -6.62. The predicted molar refractivity (Wildman–Crippen MR) is 301 cm³/mol. The molecular weight excluding hydrogens is 974 g/mol. The number of unbranched alkanes of at least 4 members (excludes halogenated alkanes) is 2. The van der Waals surface area contributed by atoms with Gasteiger partial charge >= 0.3 is 12.1 Å². The summed E-state index contributed by atoms with van der Waals surface area (Å²) in [6.07, 6.45) is 11.5. The van der Waals surface area contributed by atoms with Gasteiger partial charge in [0, 0.05) is 59.4 Å². The Morgan fingerprint density at radius 2 is 1.25 bits per heavy atom. The lowest BCUT2D eigenvalue weighted by atomic mass is 9.68. The number of rotatable bonds is 14. The van der Waals surface area contributed by atoms with Gasteiger partial charge in [-0.15, -0.1) is 0 Å². The van der Waals surface area contributed by atoms with Crippen molar-refractivity contribution < 1.29 is 41.7 Å². The zero-order valence-corrected chi connectivity index (χ0v) is 45.6. The zero-order chi connectivity index (χ0) is 53.6.